The minimum atomic E-state index is -0.663. The molecule has 2 amide bonds. The number of para-hydroxylation sites is 1. The molecule has 0 radical (unpaired) electrons. The smallest absolute Gasteiger partial charge is 0.275 e. The second kappa shape index (κ2) is 8.68. The number of hydrazine groups is 1. The van der Waals surface area contributed by atoms with Crippen molar-refractivity contribution in [3.05, 3.63) is 87.5 Å². The standard InChI is InChI=1S/C22H17N5O4S2/c28-19(10-15-12-33-22-23-17(11-25(15)22)14-6-2-1-3-7-14)24-26-20(29)13-32-21(26)16-8-4-5-9-18(16)27(30)31/h1-9,11-12,21H,10,13H2,(H,24,28). The molecule has 1 fully saturated rings. The summed E-state index contributed by atoms with van der Waals surface area (Å²) in [5, 5.41) is 13.8. The van der Waals surface area contributed by atoms with Gasteiger partial charge in [-0.15, -0.1) is 23.1 Å². The van der Waals surface area contributed by atoms with Gasteiger partial charge in [0, 0.05) is 28.9 Å². The molecular formula is C22H17N5O4S2. The second-order valence-corrected chi connectivity index (χ2v) is 9.23. The maximum absolute atomic E-state index is 12.9. The Bertz CT molecular complexity index is 1370. The molecule has 11 heteroatoms. The summed E-state index contributed by atoms with van der Waals surface area (Å²) < 4.78 is 1.87. The van der Waals surface area contributed by atoms with E-state index >= 15 is 0 Å². The van der Waals surface area contributed by atoms with E-state index in [9.17, 15) is 19.7 Å². The number of thiazole rings is 1. The fraction of sp³-hybridized carbons (Fsp3) is 0.136. The largest absolute Gasteiger partial charge is 0.294 e. The second-order valence-electron chi connectivity index (χ2n) is 7.33. The van der Waals surface area contributed by atoms with E-state index in [-0.39, 0.29) is 29.7 Å². The van der Waals surface area contributed by atoms with Crippen molar-refractivity contribution < 1.29 is 14.5 Å². The number of amides is 2. The summed E-state index contributed by atoms with van der Waals surface area (Å²) in [6.07, 6.45) is 1.92. The zero-order chi connectivity index (χ0) is 22.9. The molecule has 0 spiro atoms. The first-order chi connectivity index (χ1) is 16.0. The average Bonchev–Trinajstić information content (AvgIpc) is 3.51. The third-order valence-electron chi connectivity index (χ3n) is 5.21. The predicted molar refractivity (Wildman–Crippen MR) is 125 cm³/mol. The molecule has 3 heterocycles. The van der Waals surface area contributed by atoms with Gasteiger partial charge in [0.2, 0.25) is 5.91 Å². The van der Waals surface area contributed by atoms with Gasteiger partial charge in [0.05, 0.1) is 28.4 Å². The number of carbonyl (C=O) groups excluding carboxylic acids is 2. The lowest BCUT2D eigenvalue weighted by molar-refractivity contribution is -0.385. The number of thioether (sulfide) groups is 1. The molecular weight excluding hydrogens is 462 g/mol. The van der Waals surface area contributed by atoms with Gasteiger partial charge in [-0.1, -0.05) is 42.5 Å². The van der Waals surface area contributed by atoms with Gasteiger partial charge in [-0.05, 0) is 6.07 Å². The average molecular weight is 480 g/mol. The summed E-state index contributed by atoms with van der Waals surface area (Å²) >= 11 is 2.67. The predicted octanol–water partition coefficient (Wildman–Crippen LogP) is 3.82. The number of nitro benzene ring substituents is 1. The molecule has 0 bridgehead atoms. The van der Waals surface area contributed by atoms with Crippen molar-refractivity contribution >= 4 is 45.6 Å². The Kier molecular flexibility index (Phi) is 5.56. The van der Waals surface area contributed by atoms with Gasteiger partial charge in [0.25, 0.3) is 11.6 Å². The minimum absolute atomic E-state index is 0.0304. The number of hydrogen-bond donors (Lipinski definition) is 1. The van der Waals surface area contributed by atoms with E-state index in [1.54, 1.807) is 18.2 Å². The summed E-state index contributed by atoms with van der Waals surface area (Å²) in [5.74, 6) is -0.563. The Labute approximate surface area is 196 Å². The fourth-order valence-corrected chi connectivity index (χ4v) is 5.69. The van der Waals surface area contributed by atoms with E-state index in [0.717, 1.165) is 21.9 Å². The number of imidazole rings is 1. The van der Waals surface area contributed by atoms with E-state index in [1.807, 2.05) is 46.3 Å². The van der Waals surface area contributed by atoms with Crippen LogP contribution in [-0.4, -0.2) is 36.9 Å². The van der Waals surface area contributed by atoms with Crippen LogP contribution in [0.3, 0.4) is 0 Å². The van der Waals surface area contributed by atoms with E-state index in [0.29, 0.717) is 5.56 Å². The first-order valence-electron chi connectivity index (χ1n) is 9.98. The number of rotatable bonds is 6. The van der Waals surface area contributed by atoms with Gasteiger partial charge in [-0.25, -0.2) is 9.99 Å². The Morgan fingerprint density at radius 1 is 1.18 bits per heavy atom. The number of nitrogens with one attached hydrogen (secondary N) is 1. The van der Waals surface area contributed by atoms with Crippen LogP contribution in [0, 0.1) is 10.1 Å². The van der Waals surface area contributed by atoms with Crippen LogP contribution in [0.5, 0.6) is 0 Å². The van der Waals surface area contributed by atoms with Crippen molar-refractivity contribution in [3.63, 3.8) is 0 Å². The van der Waals surface area contributed by atoms with Gasteiger partial charge in [-0.3, -0.25) is 29.5 Å². The van der Waals surface area contributed by atoms with Crippen LogP contribution in [0.2, 0.25) is 0 Å². The Morgan fingerprint density at radius 2 is 1.94 bits per heavy atom. The molecule has 5 rings (SSSR count). The Balaban J connectivity index is 1.35. The molecule has 1 atom stereocenters. The molecule has 33 heavy (non-hydrogen) atoms. The van der Waals surface area contributed by atoms with Crippen molar-refractivity contribution in [1.82, 2.24) is 19.8 Å². The van der Waals surface area contributed by atoms with Crippen molar-refractivity contribution in [2.24, 2.45) is 0 Å². The topological polar surface area (TPSA) is 110 Å². The first kappa shape index (κ1) is 21.2. The Hall–Kier alpha value is -3.70. The summed E-state index contributed by atoms with van der Waals surface area (Å²) in [6.45, 7) is 0. The van der Waals surface area contributed by atoms with Crippen molar-refractivity contribution in [2.45, 2.75) is 11.8 Å². The molecule has 0 aliphatic carbocycles. The Morgan fingerprint density at radius 3 is 2.73 bits per heavy atom. The first-order valence-corrected chi connectivity index (χ1v) is 11.9. The lowest BCUT2D eigenvalue weighted by Gasteiger charge is -2.24. The number of benzene rings is 2. The highest BCUT2D eigenvalue weighted by Crippen LogP contribution is 2.41. The van der Waals surface area contributed by atoms with E-state index < -0.39 is 10.3 Å². The van der Waals surface area contributed by atoms with Crippen LogP contribution in [0.4, 0.5) is 5.69 Å². The minimum Gasteiger partial charge on any atom is -0.294 e. The number of nitro groups is 1. The van der Waals surface area contributed by atoms with Crippen LogP contribution in [-0.2, 0) is 16.0 Å². The summed E-state index contributed by atoms with van der Waals surface area (Å²) in [7, 11) is 0. The van der Waals surface area contributed by atoms with Gasteiger partial charge in [-0.2, -0.15) is 0 Å². The SMILES string of the molecule is O=C(Cc1csc2nc(-c3ccccc3)cn12)NN1C(=O)CSC1c1ccccc1[N+](=O)[O-]. The van der Waals surface area contributed by atoms with Crippen LogP contribution in [0.15, 0.2) is 66.2 Å². The quantitative estimate of drug-likeness (QED) is 0.333. The number of fused-ring (bicyclic) bond motifs is 1. The summed E-state index contributed by atoms with van der Waals surface area (Å²) in [4.78, 5) is 41.6. The van der Waals surface area contributed by atoms with Crippen molar-refractivity contribution in [2.75, 3.05) is 5.75 Å². The van der Waals surface area contributed by atoms with E-state index in [1.165, 1.54) is 34.2 Å². The number of carbonyl (C=O) groups is 2. The summed E-state index contributed by atoms with van der Waals surface area (Å²) in [5.41, 5.74) is 5.48. The van der Waals surface area contributed by atoms with Crippen LogP contribution >= 0.6 is 23.1 Å². The normalized spacial score (nSPS) is 15.8. The van der Waals surface area contributed by atoms with Crippen molar-refractivity contribution in [1.29, 1.82) is 0 Å². The highest BCUT2D eigenvalue weighted by molar-refractivity contribution is 8.00. The van der Waals surface area contributed by atoms with E-state index in [4.69, 9.17) is 0 Å². The molecule has 2 aromatic heterocycles. The monoisotopic (exact) mass is 479 g/mol. The lowest BCUT2D eigenvalue weighted by atomic mass is 10.1. The lowest BCUT2D eigenvalue weighted by Crippen LogP contribution is -2.45. The molecule has 1 saturated heterocycles. The third-order valence-corrected chi connectivity index (χ3v) is 7.29. The van der Waals surface area contributed by atoms with Crippen LogP contribution in [0.25, 0.3) is 16.2 Å². The zero-order valence-electron chi connectivity index (χ0n) is 17.1. The van der Waals surface area contributed by atoms with Gasteiger partial charge >= 0.3 is 0 Å². The zero-order valence-corrected chi connectivity index (χ0v) is 18.7. The van der Waals surface area contributed by atoms with Gasteiger partial charge in [0.1, 0.15) is 5.37 Å². The molecule has 9 nitrogen and oxygen atoms in total. The van der Waals surface area contributed by atoms with E-state index in [2.05, 4.69) is 10.4 Å². The highest BCUT2D eigenvalue weighted by atomic mass is 32.2. The molecule has 1 N–H and O–H groups in total. The molecule has 1 aliphatic rings. The van der Waals surface area contributed by atoms with Crippen LogP contribution < -0.4 is 5.43 Å². The number of aromatic nitrogens is 2. The summed E-state index contributed by atoms with van der Waals surface area (Å²) in [6, 6.07) is 16.0. The number of hydrogen-bond acceptors (Lipinski definition) is 7. The fourth-order valence-electron chi connectivity index (χ4n) is 3.68. The maximum Gasteiger partial charge on any atom is 0.275 e. The maximum atomic E-state index is 12.9. The van der Waals surface area contributed by atoms with Crippen LogP contribution in [0.1, 0.15) is 16.6 Å². The van der Waals surface area contributed by atoms with Gasteiger partial charge < -0.3 is 0 Å². The number of nitrogens with zero attached hydrogens (tertiary/aromatic N) is 4. The molecule has 1 aliphatic heterocycles. The molecule has 2 aromatic carbocycles. The molecule has 0 saturated carbocycles. The molecule has 4 aromatic rings. The highest BCUT2D eigenvalue weighted by Gasteiger charge is 2.37. The van der Waals surface area contributed by atoms with Gasteiger partial charge in [0.15, 0.2) is 4.96 Å². The molecule has 1 unspecified atom stereocenters. The third kappa shape index (κ3) is 4.08. The molecule has 166 valence electrons. The van der Waals surface area contributed by atoms with Crippen molar-refractivity contribution in [3.8, 4) is 11.3 Å².